The zero-order chi connectivity index (χ0) is 20.4. The molecule has 146 valence electrons. The number of aromatic nitrogens is 1. The molecule has 0 N–H and O–H groups in total. The van der Waals surface area contributed by atoms with E-state index in [-0.39, 0.29) is 0 Å². The highest BCUT2D eigenvalue weighted by Crippen LogP contribution is 2.48. The molecule has 7 aromatic rings. The van der Waals surface area contributed by atoms with E-state index >= 15 is 0 Å². The number of thiophene rings is 2. The SMILES string of the molecule is c1ccc(-c2ccccc2-n2c3sc4ccccc4c3c3c4ccccc4sc32)cc1. The van der Waals surface area contributed by atoms with E-state index in [9.17, 15) is 0 Å². The van der Waals surface area contributed by atoms with Crippen LogP contribution in [0.5, 0.6) is 0 Å². The van der Waals surface area contributed by atoms with Gasteiger partial charge in [0.15, 0.2) is 0 Å². The molecule has 0 aliphatic rings. The highest BCUT2D eigenvalue weighted by molar-refractivity contribution is 7.28. The summed E-state index contributed by atoms with van der Waals surface area (Å²) in [6.45, 7) is 0. The number of rotatable bonds is 2. The molecule has 0 unspecified atom stereocenters. The third kappa shape index (κ3) is 2.42. The lowest BCUT2D eigenvalue weighted by atomic mass is 10.0. The van der Waals surface area contributed by atoms with Crippen molar-refractivity contribution in [2.45, 2.75) is 0 Å². The van der Waals surface area contributed by atoms with Crippen molar-refractivity contribution in [2.24, 2.45) is 0 Å². The van der Waals surface area contributed by atoms with E-state index in [0.29, 0.717) is 0 Å². The van der Waals surface area contributed by atoms with Gasteiger partial charge in [-0.1, -0.05) is 84.9 Å². The third-order valence-corrected chi connectivity index (χ3v) is 8.35. The van der Waals surface area contributed by atoms with Gasteiger partial charge in [0.2, 0.25) is 0 Å². The smallest absolute Gasteiger partial charge is 0.110 e. The monoisotopic (exact) mass is 431 g/mol. The van der Waals surface area contributed by atoms with E-state index in [1.165, 1.54) is 57.4 Å². The maximum atomic E-state index is 2.50. The Bertz CT molecular complexity index is 1640. The topological polar surface area (TPSA) is 4.93 Å². The van der Waals surface area contributed by atoms with Crippen LogP contribution in [0.3, 0.4) is 0 Å². The Balaban J connectivity index is 1.71. The van der Waals surface area contributed by atoms with Crippen LogP contribution in [0.25, 0.3) is 57.4 Å². The highest BCUT2D eigenvalue weighted by atomic mass is 32.1. The van der Waals surface area contributed by atoms with Gasteiger partial charge in [0.05, 0.1) is 5.69 Å². The molecule has 0 radical (unpaired) electrons. The lowest BCUT2D eigenvalue weighted by Crippen LogP contribution is -1.94. The molecule has 31 heavy (non-hydrogen) atoms. The van der Waals surface area contributed by atoms with E-state index in [1.54, 1.807) is 0 Å². The van der Waals surface area contributed by atoms with Crippen molar-refractivity contribution in [1.29, 1.82) is 0 Å². The average molecular weight is 432 g/mol. The second-order valence-corrected chi connectivity index (χ2v) is 9.84. The first-order valence-corrected chi connectivity index (χ1v) is 12.0. The Morgan fingerprint density at radius 1 is 0.484 bits per heavy atom. The quantitative estimate of drug-likeness (QED) is 0.257. The van der Waals surface area contributed by atoms with E-state index in [2.05, 4.69) is 108 Å². The van der Waals surface area contributed by atoms with Gasteiger partial charge in [-0.2, -0.15) is 0 Å². The van der Waals surface area contributed by atoms with Gasteiger partial charge < -0.3 is 0 Å². The number of hydrogen-bond acceptors (Lipinski definition) is 2. The van der Waals surface area contributed by atoms with Crippen molar-refractivity contribution in [3.8, 4) is 16.8 Å². The first-order chi connectivity index (χ1) is 15.4. The number of fused-ring (bicyclic) bond motifs is 7. The summed E-state index contributed by atoms with van der Waals surface area (Å²) in [5.41, 5.74) is 3.75. The standard InChI is InChI=1S/C28H17NS2/c1-2-10-18(11-3-1)19-12-4-7-15-22(19)29-27-25(20-13-5-8-16-23(20)30-27)26-21-14-6-9-17-24(21)31-28(26)29/h1-17H. The van der Waals surface area contributed by atoms with Crippen LogP contribution >= 0.6 is 22.7 Å². The number of para-hydroxylation sites is 1. The minimum Gasteiger partial charge on any atom is -0.291 e. The molecule has 0 saturated carbocycles. The minimum atomic E-state index is 1.24. The maximum absolute atomic E-state index is 2.50. The molecule has 0 amide bonds. The lowest BCUT2D eigenvalue weighted by molar-refractivity contribution is 1.21. The molecule has 3 heteroatoms. The molecule has 4 aromatic carbocycles. The predicted molar refractivity (Wildman–Crippen MR) is 137 cm³/mol. The molecule has 0 saturated heterocycles. The van der Waals surface area contributed by atoms with Crippen LogP contribution in [0.4, 0.5) is 0 Å². The van der Waals surface area contributed by atoms with Gasteiger partial charge in [-0.15, -0.1) is 22.7 Å². The molecule has 0 bridgehead atoms. The van der Waals surface area contributed by atoms with Gasteiger partial charge in [-0.05, 0) is 23.8 Å². The summed E-state index contributed by atoms with van der Waals surface area (Å²) < 4.78 is 5.19. The average Bonchev–Trinajstić information content (AvgIpc) is 3.46. The van der Waals surface area contributed by atoms with Gasteiger partial charge >= 0.3 is 0 Å². The van der Waals surface area contributed by atoms with Gasteiger partial charge in [0, 0.05) is 36.5 Å². The normalized spacial score (nSPS) is 11.9. The summed E-state index contributed by atoms with van der Waals surface area (Å²) in [6, 6.07) is 37.1. The summed E-state index contributed by atoms with van der Waals surface area (Å²) in [4.78, 5) is 2.66. The van der Waals surface area contributed by atoms with Crippen LogP contribution < -0.4 is 0 Å². The Kier molecular flexibility index (Phi) is 3.65. The first kappa shape index (κ1) is 17.3. The highest BCUT2D eigenvalue weighted by Gasteiger charge is 2.22. The molecular weight excluding hydrogens is 414 g/mol. The summed E-state index contributed by atoms with van der Waals surface area (Å²) in [7, 11) is 0. The van der Waals surface area contributed by atoms with Crippen LogP contribution in [0, 0.1) is 0 Å². The summed E-state index contributed by atoms with van der Waals surface area (Å²) in [5.74, 6) is 0. The zero-order valence-corrected chi connectivity index (χ0v) is 18.2. The fourth-order valence-electron chi connectivity index (χ4n) is 4.70. The Labute approximate surface area is 187 Å². The van der Waals surface area contributed by atoms with E-state index < -0.39 is 0 Å². The van der Waals surface area contributed by atoms with Crippen LogP contribution in [-0.2, 0) is 0 Å². The molecule has 0 aliphatic carbocycles. The number of nitrogens with zero attached hydrogens (tertiary/aromatic N) is 1. The zero-order valence-electron chi connectivity index (χ0n) is 16.6. The molecule has 3 heterocycles. The Hall–Kier alpha value is -3.40. The minimum absolute atomic E-state index is 1.24. The van der Waals surface area contributed by atoms with Gasteiger partial charge in [-0.25, -0.2) is 0 Å². The van der Waals surface area contributed by atoms with Crippen molar-refractivity contribution < 1.29 is 0 Å². The van der Waals surface area contributed by atoms with Gasteiger partial charge in [0.1, 0.15) is 9.66 Å². The third-order valence-electron chi connectivity index (χ3n) is 6.04. The summed E-state index contributed by atoms with van der Waals surface area (Å²) >= 11 is 3.79. The fraction of sp³-hybridized carbons (Fsp3) is 0. The van der Waals surface area contributed by atoms with Crippen LogP contribution in [0.2, 0.25) is 0 Å². The molecule has 1 nitrogen and oxygen atoms in total. The van der Waals surface area contributed by atoms with Crippen molar-refractivity contribution in [2.75, 3.05) is 0 Å². The second-order valence-electron chi connectivity index (χ2n) is 7.78. The number of hydrogen-bond donors (Lipinski definition) is 0. The second kappa shape index (κ2) is 6.55. The molecule has 0 aliphatic heterocycles. The van der Waals surface area contributed by atoms with Crippen molar-refractivity contribution in [1.82, 2.24) is 4.57 Å². The van der Waals surface area contributed by atoms with Crippen LogP contribution in [0.15, 0.2) is 103 Å². The molecule has 0 spiro atoms. The van der Waals surface area contributed by atoms with Gasteiger partial charge in [-0.3, -0.25) is 4.57 Å². The summed E-state index contributed by atoms with van der Waals surface area (Å²) in [6.07, 6.45) is 0. The molecule has 0 atom stereocenters. The lowest BCUT2D eigenvalue weighted by Gasteiger charge is -2.12. The van der Waals surface area contributed by atoms with E-state index in [0.717, 1.165) is 0 Å². The summed E-state index contributed by atoms with van der Waals surface area (Å²) in [5, 5.41) is 5.48. The van der Waals surface area contributed by atoms with E-state index in [4.69, 9.17) is 0 Å². The van der Waals surface area contributed by atoms with Crippen molar-refractivity contribution >= 4 is 63.3 Å². The number of benzene rings is 4. The van der Waals surface area contributed by atoms with Crippen LogP contribution in [0.1, 0.15) is 0 Å². The van der Waals surface area contributed by atoms with E-state index in [1.807, 2.05) is 22.7 Å². The Morgan fingerprint density at radius 3 is 1.65 bits per heavy atom. The van der Waals surface area contributed by atoms with Crippen LogP contribution in [-0.4, -0.2) is 4.57 Å². The molecule has 3 aromatic heterocycles. The maximum Gasteiger partial charge on any atom is 0.110 e. The van der Waals surface area contributed by atoms with Crippen molar-refractivity contribution in [3.05, 3.63) is 103 Å². The van der Waals surface area contributed by atoms with Gasteiger partial charge in [0.25, 0.3) is 0 Å². The molecular formula is C28H17NS2. The molecule has 7 rings (SSSR count). The fourth-order valence-corrected chi connectivity index (χ4v) is 7.22. The first-order valence-electron chi connectivity index (χ1n) is 10.4. The Morgan fingerprint density at radius 2 is 1.00 bits per heavy atom. The largest absolute Gasteiger partial charge is 0.291 e. The molecule has 0 fully saturated rings. The van der Waals surface area contributed by atoms with Crippen molar-refractivity contribution in [3.63, 3.8) is 0 Å². The predicted octanol–water partition coefficient (Wildman–Crippen LogP) is 8.88.